The molecule has 0 amide bonds. The zero-order valence-corrected chi connectivity index (χ0v) is 14.1. The molecule has 0 aromatic heterocycles. The van der Waals surface area contributed by atoms with Crippen molar-refractivity contribution in [2.75, 3.05) is 25.6 Å². The van der Waals surface area contributed by atoms with E-state index in [4.69, 9.17) is 4.74 Å². The third-order valence-electron chi connectivity index (χ3n) is 4.19. The Bertz CT molecular complexity index is 476. The van der Waals surface area contributed by atoms with Gasteiger partial charge in [-0.1, -0.05) is 18.2 Å². The van der Waals surface area contributed by atoms with Gasteiger partial charge < -0.3 is 15.0 Å². The van der Waals surface area contributed by atoms with E-state index >= 15 is 0 Å². The molecule has 0 heterocycles. The second kappa shape index (κ2) is 7.46. The summed E-state index contributed by atoms with van der Waals surface area (Å²) in [5, 5.41) is 3.10. The number of nitrogens with zero attached hydrogens (tertiary/aromatic N) is 1. The molecule has 1 aromatic carbocycles. The van der Waals surface area contributed by atoms with Crippen LogP contribution in [0.2, 0.25) is 0 Å². The second-order valence-electron chi connectivity index (χ2n) is 5.70. The van der Waals surface area contributed by atoms with E-state index in [2.05, 4.69) is 49.2 Å². The van der Waals surface area contributed by atoms with Crippen molar-refractivity contribution in [3.8, 4) is 0 Å². The molecule has 0 aliphatic rings. The third kappa shape index (κ3) is 3.97. The quantitative estimate of drug-likeness (QED) is 0.785. The van der Waals surface area contributed by atoms with Crippen molar-refractivity contribution in [3.05, 3.63) is 29.8 Å². The molecule has 0 saturated carbocycles. The van der Waals surface area contributed by atoms with Gasteiger partial charge in [0.25, 0.3) is 0 Å². The van der Waals surface area contributed by atoms with E-state index in [9.17, 15) is 4.79 Å². The van der Waals surface area contributed by atoms with Gasteiger partial charge >= 0.3 is 5.97 Å². The highest BCUT2D eigenvalue weighted by Crippen LogP contribution is 2.25. The van der Waals surface area contributed by atoms with Crippen molar-refractivity contribution in [1.29, 1.82) is 0 Å². The minimum absolute atomic E-state index is 0.215. The first-order chi connectivity index (χ1) is 9.89. The molecule has 2 atom stereocenters. The fourth-order valence-electron chi connectivity index (χ4n) is 2.82. The lowest BCUT2D eigenvalue weighted by Crippen LogP contribution is -2.52. The Balaban J connectivity index is 2.97. The summed E-state index contributed by atoms with van der Waals surface area (Å²) >= 11 is 0. The van der Waals surface area contributed by atoms with Gasteiger partial charge in [-0.15, -0.1) is 0 Å². The molecule has 118 valence electrons. The lowest BCUT2D eigenvalue weighted by Gasteiger charge is -2.36. The molecule has 0 spiro atoms. The number of methoxy groups -OCH3 is 1. The molecule has 0 aliphatic heterocycles. The summed E-state index contributed by atoms with van der Waals surface area (Å²) in [5.41, 5.74) is 1.79. The van der Waals surface area contributed by atoms with Gasteiger partial charge in [-0.2, -0.15) is 0 Å². The normalized spacial score (nSPS) is 15.1. The molecule has 1 rings (SSSR count). The summed E-state index contributed by atoms with van der Waals surface area (Å²) in [6.45, 7) is 9.18. The van der Waals surface area contributed by atoms with Gasteiger partial charge in [-0.05, 0) is 52.8 Å². The van der Waals surface area contributed by atoms with Crippen molar-refractivity contribution in [2.24, 2.45) is 0 Å². The van der Waals surface area contributed by atoms with Crippen LogP contribution in [0, 0.1) is 6.92 Å². The smallest absolute Gasteiger partial charge is 0.325 e. The first-order valence-electron chi connectivity index (χ1n) is 7.49. The van der Waals surface area contributed by atoms with Crippen LogP contribution in [0.4, 0.5) is 5.69 Å². The zero-order valence-electron chi connectivity index (χ0n) is 14.1. The van der Waals surface area contributed by atoms with Gasteiger partial charge in [0.15, 0.2) is 0 Å². The number of hydrogen-bond donors (Lipinski definition) is 1. The van der Waals surface area contributed by atoms with Crippen LogP contribution in [0.3, 0.4) is 0 Å². The van der Waals surface area contributed by atoms with Gasteiger partial charge in [-0.3, -0.25) is 4.79 Å². The number of likely N-dealkylation sites (N-methyl/N-ethyl adjacent to an activating group) is 1. The summed E-state index contributed by atoms with van der Waals surface area (Å²) in [6.07, 6.45) is 0.679. The molecule has 0 fully saturated rings. The highest BCUT2D eigenvalue weighted by molar-refractivity contribution is 5.80. The van der Waals surface area contributed by atoms with E-state index in [-0.39, 0.29) is 12.0 Å². The lowest BCUT2D eigenvalue weighted by molar-refractivity contribution is -0.148. The first kappa shape index (κ1) is 17.5. The predicted molar refractivity (Wildman–Crippen MR) is 87.8 cm³/mol. The highest BCUT2D eigenvalue weighted by Gasteiger charge is 2.35. The summed E-state index contributed by atoms with van der Waals surface area (Å²) in [5.74, 6) is -0.224. The van der Waals surface area contributed by atoms with Crippen LogP contribution in [-0.2, 0) is 9.53 Å². The second-order valence-corrected chi connectivity index (χ2v) is 5.70. The molecular formula is C17H28N2O2. The van der Waals surface area contributed by atoms with Crippen LogP contribution in [0.15, 0.2) is 24.3 Å². The van der Waals surface area contributed by atoms with E-state index in [1.165, 1.54) is 18.4 Å². The van der Waals surface area contributed by atoms with E-state index in [1.54, 1.807) is 7.05 Å². The van der Waals surface area contributed by atoms with Crippen molar-refractivity contribution < 1.29 is 9.53 Å². The molecule has 0 saturated heterocycles. The SMILES string of the molecule is CCN(c1ccccc1C)C(C)CC(C)(NC)C(=O)OC. The molecular weight excluding hydrogens is 264 g/mol. The standard InChI is InChI=1S/C17H28N2O2/c1-7-19(15-11-9-8-10-13(15)2)14(3)12-17(4,18-5)16(20)21-6/h8-11,14,18H,7,12H2,1-6H3. The minimum atomic E-state index is -0.676. The largest absolute Gasteiger partial charge is 0.468 e. The van der Waals surface area contributed by atoms with Crippen molar-refractivity contribution in [2.45, 2.75) is 45.7 Å². The number of carbonyl (C=O) groups is 1. The number of para-hydroxylation sites is 1. The van der Waals surface area contributed by atoms with E-state index in [1.807, 2.05) is 13.0 Å². The van der Waals surface area contributed by atoms with Crippen LogP contribution >= 0.6 is 0 Å². The number of hydrogen-bond acceptors (Lipinski definition) is 4. The van der Waals surface area contributed by atoms with Gasteiger partial charge in [0.05, 0.1) is 7.11 Å². The van der Waals surface area contributed by atoms with Gasteiger partial charge in [0, 0.05) is 18.3 Å². The zero-order chi connectivity index (χ0) is 16.0. The predicted octanol–water partition coefficient (Wildman–Crippen LogP) is 2.75. The molecule has 1 aromatic rings. The van der Waals surface area contributed by atoms with E-state index < -0.39 is 5.54 Å². The molecule has 4 nitrogen and oxygen atoms in total. The number of ether oxygens (including phenoxy) is 1. The Labute approximate surface area is 128 Å². The maximum Gasteiger partial charge on any atom is 0.325 e. The maximum absolute atomic E-state index is 12.0. The molecule has 2 unspecified atom stereocenters. The monoisotopic (exact) mass is 292 g/mol. The maximum atomic E-state index is 12.0. The Kier molecular flexibility index (Phi) is 6.21. The molecule has 0 radical (unpaired) electrons. The average molecular weight is 292 g/mol. The average Bonchev–Trinajstić information content (AvgIpc) is 2.48. The minimum Gasteiger partial charge on any atom is -0.468 e. The number of anilines is 1. The van der Waals surface area contributed by atoms with Crippen molar-refractivity contribution >= 4 is 11.7 Å². The molecule has 4 heteroatoms. The Hall–Kier alpha value is -1.55. The van der Waals surface area contributed by atoms with Crippen LogP contribution in [0.5, 0.6) is 0 Å². The number of rotatable bonds is 7. The van der Waals surface area contributed by atoms with E-state index in [0.717, 1.165) is 6.54 Å². The number of aryl methyl sites for hydroxylation is 1. The summed E-state index contributed by atoms with van der Waals surface area (Å²) in [7, 11) is 3.23. The van der Waals surface area contributed by atoms with Crippen LogP contribution < -0.4 is 10.2 Å². The molecule has 1 N–H and O–H groups in total. The number of esters is 1. The molecule has 21 heavy (non-hydrogen) atoms. The molecule has 0 bridgehead atoms. The van der Waals surface area contributed by atoms with Crippen molar-refractivity contribution in [1.82, 2.24) is 5.32 Å². The first-order valence-corrected chi connectivity index (χ1v) is 7.49. The number of benzene rings is 1. The fraction of sp³-hybridized carbons (Fsp3) is 0.588. The van der Waals surface area contributed by atoms with Gasteiger partial charge in [0.1, 0.15) is 5.54 Å². The van der Waals surface area contributed by atoms with Crippen molar-refractivity contribution in [3.63, 3.8) is 0 Å². The van der Waals surface area contributed by atoms with Gasteiger partial charge in [0.2, 0.25) is 0 Å². The number of carbonyl (C=O) groups excluding carboxylic acids is 1. The number of nitrogens with one attached hydrogen (secondary N) is 1. The van der Waals surface area contributed by atoms with E-state index in [0.29, 0.717) is 6.42 Å². The highest BCUT2D eigenvalue weighted by atomic mass is 16.5. The Morgan fingerprint density at radius 1 is 1.43 bits per heavy atom. The Morgan fingerprint density at radius 2 is 2.05 bits per heavy atom. The Morgan fingerprint density at radius 3 is 2.52 bits per heavy atom. The fourth-order valence-corrected chi connectivity index (χ4v) is 2.82. The third-order valence-corrected chi connectivity index (χ3v) is 4.19. The summed E-state index contributed by atoms with van der Waals surface area (Å²) < 4.78 is 4.93. The summed E-state index contributed by atoms with van der Waals surface area (Å²) in [6, 6.07) is 8.55. The van der Waals surface area contributed by atoms with Crippen LogP contribution in [0.25, 0.3) is 0 Å². The van der Waals surface area contributed by atoms with Gasteiger partial charge in [-0.25, -0.2) is 0 Å². The van der Waals surface area contributed by atoms with Crippen LogP contribution in [0.1, 0.15) is 32.8 Å². The summed E-state index contributed by atoms with van der Waals surface area (Å²) in [4.78, 5) is 14.3. The molecule has 0 aliphatic carbocycles. The topological polar surface area (TPSA) is 41.6 Å². The van der Waals surface area contributed by atoms with Crippen LogP contribution in [-0.4, -0.2) is 38.3 Å². The lowest BCUT2D eigenvalue weighted by atomic mass is 9.92.